The molecule has 0 aliphatic heterocycles. The number of carbonyl (C=O) groups is 2. The number of hydrogen-bond donors (Lipinski definition) is 4. The molecule has 32 heavy (non-hydrogen) atoms. The van der Waals surface area contributed by atoms with E-state index in [4.69, 9.17) is 34.7 Å². The Morgan fingerprint density at radius 3 is 2.34 bits per heavy atom. The summed E-state index contributed by atoms with van der Waals surface area (Å²) in [6, 6.07) is 7.50. The number of nitrogens with zero attached hydrogens (tertiary/aromatic N) is 3. The van der Waals surface area contributed by atoms with E-state index in [1.807, 2.05) is 24.3 Å². The number of aryl methyl sites for hydroxylation is 1. The highest BCUT2D eigenvalue weighted by molar-refractivity contribution is 6.31. The van der Waals surface area contributed by atoms with E-state index in [1.54, 1.807) is 0 Å². The van der Waals surface area contributed by atoms with Crippen molar-refractivity contribution in [2.75, 3.05) is 51.7 Å². The van der Waals surface area contributed by atoms with Gasteiger partial charge in [0.1, 0.15) is 0 Å². The van der Waals surface area contributed by atoms with Gasteiger partial charge < -0.3 is 26.6 Å². The number of nitrogens with two attached hydrogens (primary N) is 2. The second-order valence-corrected chi connectivity index (χ2v) is 8.90. The molecule has 174 valence electrons. The average molecular weight is 483 g/mol. The Hall–Kier alpha value is -2.62. The first-order valence-corrected chi connectivity index (χ1v) is 11.0. The molecule has 0 fully saturated rings. The summed E-state index contributed by atoms with van der Waals surface area (Å²) in [5, 5.41) is 6.35. The van der Waals surface area contributed by atoms with Gasteiger partial charge in [-0.15, -0.1) is 0 Å². The Kier molecular flexibility index (Phi) is 9.49. The minimum atomic E-state index is -0.454. The molecule has 0 saturated heterocycles. The summed E-state index contributed by atoms with van der Waals surface area (Å²) >= 11 is 11.7. The molecule has 2 amide bonds. The molecule has 1 heterocycles. The molecule has 9 nitrogen and oxygen atoms in total. The maximum atomic E-state index is 12.3. The van der Waals surface area contributed by atoms with Crippen LogP contribution in [0.4, 0.5) is 11.6 Å². The molecule has 0 saturated carbocycles. The van der Waals surface area contributed by atoms with Crippen molar-refractivity contribution in [3.05, 3.63) is 45.7 Å². The molecule has 1 aromatic heterocycles. The van der Waals surface area contributed by atoms with Crippen molar-refractivity contribution < 1.29 is 14.1 Å². The first-order valence-electron chi connectivity index (χ1n) is 10.3. The number of nitrogen functional groups attached to an aromatic ring is 2. The van der Waals surface area contributed by atoms with Gasteiger partial charge in [0.2, 0.25) is 5.91 Å². The smallest absolute Gasteiger partial charge is 0.273 e. The van der Waals surface area contributed by atoms with Crippen LogP contribution < -0.4 is 22.1 Å². The fourth-order valence-electron chi connectivity index (χ4n) is 3.01. The molecule has 2 aromatic rings. The molecule has 0 aliphatic carbocycles. The van der Waals surface area contributed by atoms with Crippen molar-refractivity contribution in [1.82, 2.24) is 20.6 Å². The van der Waals surface area contributed by atoms with Gasteiger partial charge in [-0.25, -0.2) is 9.97 Å². The number of aromatic nitrogens is 2. The van der Waals surface area contributed by atoms with Gasteiger partial charge in [0.25, 0.3) is 5.91 Å². The molecule has 0 unspecified atom stereocenters. The molecule has 2 rings (SSSR count). The van der Waals surface area contributed by atoms with Crippen LogP contribution >= 0.6 is 23.2 Å². The monoisotopic (exact) mass is 482 g/mol. The summed E-state index contributed by atoms with van der Waals surface area (Å²) < 4.78 is 0.671. The fourth-order valence-corrected chi connectivity index (χ4v) is 3.26. The number of benzene rings is 1. The van der Waals surface area contributed by atoms with Crippen molar-refractivity contribution in [2.24, 2.45) is 0 Å². The number of halogens is 2. The quantitative estimate of drug-likeness (QED) is 0.285. The highest BCUT2D eigenvalue weighted by Gasteiger charge is 2.18. The Morgan fingerprint density at radius 1 is 0.969 bits per heavy atom. The summed E-state index contributed by atoms with van der Waals surface area (Å²) in [5.41, 5.74) is 12.3. The standard InChI is InChI=1S/C21H29Cl2N7O2/c1-30(2,13-11-27-21(32)17-19(24)29-20(25)18(23)28-17)12-3-10-26-16(31)9-6-14-4-7-15(22)8-5-14/h4-5,7-8H,3,6,9-13H2,1-2H3,(H5-,24,25,26,27,29,31,32)/p+1. The number of hydrogen-bond acceptors (Lipinski definition) is 6. The van der Waals surface area contributed by atoms with Gasteiger partial charge in [0.15, 0.2) is 22.5 Å². The zero-order chi connectivity index (χ0) is 23.7. The van der Waals surface area contributed by atoms with E-state index in [-0.39, 0.29) is 28.4 Å². The van der Waals surface area contributed by atoms with E-state index in [9.17, 15) is 9.59 Å². The van der Waals surface area contributed by atoms with E-state index in [0.29, 0.717) is 42.0 Å². The zero-order valence-electron chi connectivity index (χ0n) is 18.3. The molecule has 0 aliphatic rings. The van der Waals surface area contributed by atoms with Crippen LogP contribution in [0.25, 0.3) is 0 Å². The highest BCUT2D eigenvalue weighted by atomic mass is 35.5. The molecular weight excluding hydrogens is 453 g/mol. The van der Waals surface area contributed by atoms with E-state index < -0.39 is 5.91 Å². The van der Waals surface area contributed by atoms with Gasteiger partial charge in [0, 0.05) is 24.4 Å². The Morgan fingerprint density at radius 2 is 1.66 bits per heavy atom. The Balaban J connectivity index is 1.64. The van der Waals surface area contributed by atoms with Crippen LogP contribution in [0.15, 0.2) is 24.3 Å². The number of anilines is 2. The SMILES string of the molecule is C[N+](C)(CCCNC(=O)CCc1ccc(Cl)cc1)CCNC(=O)c1nc(Cl)c(N)nc1N. The van der Waals surface area contributed by atoms with Crippen molar-refractivity contribution in [3.8, 4) is 0 Å². The first-order chi connectivity index (χ1) is 15.1. The molecule has 0 bridgehead atoms. The number of likely N-dealkylation sites (N-methyl/N-ethyl adjacent to an activating group) is 1. The molecule has 0 atom stereocenters. The predicted molar refractivity (Wildman–Crippen MR) is 127 cm³/mol. The average Bonchev–Trinajstić information content (AvgIpc) is 2.73. The molecule has 0 spiro atoms. The lowest BCUT2D eigenvalue weighted by atomic mass is 10.1. The largest absolute Gasteiger partial charge is 0.382 e. The summed E-state index contributed by atoms with van der Waals surface area (Å²) in [7, 11) is 4.12. The molecule has 1 aromatic carbocycles. The lowest BCUT2D eigenvalue weighted by Gasteiger charge is -2.30. The van der Waals surface area contributed by atoms with Crippen molar-refractivity contribution in [2.45, 2.75) is 19.3 Å². The van der Waals surface area contributed by atoms with Crippen molar-refractivity contribution in [3.63, 3.8) is 0 Å². The number of amides is 2. The summed E-state index contributed by atoms with van der Waals surface area (Å²) in [5.74, 6) is -0.510. The van der Waals surface area contributed by atoms with Gasteiger partial charge in [-0.2, -0.15) is 0 Å². The van der Waals surface area contributed by atoms with Crippen LogP contribution in [-0.2, 0) is 11.2 Å². The second kappa shape index (κ2) is 11.8. The third-order valence-electron chi connectivity index (χ3n) is 4.94. The maximum Gasteiger partial charge on any atom is 0.273 e. The fraction of sp³-hybridized carbons (Fsp3) is 0.429. The zero-order valence-corrected chi connectivity index (χ0v) is 19.8. The van der Waals surface area contributed by atoms with Crippen LogP contribution in [0.3, 0.4) is 0 Å². The van der Waals surface area contributed by atoms with Crippen LogP contribution in [0.1, 0.15) is 28.9 Å². The summed E-state index contributed by atoms with van der Waals surface area (Å²) in [6.45, 7) is 2.54. The topological polar surface area (TPSA) is 136 Å². The van der Waals surface area contributed by atoms with E-state index >= 15 is 0 Å². The van der Waals surface area contributed by atoms with Crippen LogP contribution in [0.5, 0.6) is 0 Å². The number of carbonyl (C=O) groups excluding carboxylic acids is 2. The number of rotatable bonds is 11. The predicted octanol–water partition coefficient (Wildman–Crippen LogP) is 1.89. The lowest BCUT2D eigenvalue weighted by molar-refractivity contribution is -0.889. The van der Waals surface area contributed by atoms with Crippen LogP contribution in [-0.4, -0.2) is 66.5 Å². The normalized spacial score (nSPS) is 11.2. The van der Waals surface area contributed by atoms with E-state index in [0.717, 1.165) is 18.5 Å². The Labute approximate surface area is 198 Å². The van der Waals surface area contributed by atoms with Gasteiger partial charge in [-0.1, -0.05) is 35.3 Å². The first kappa shape index (κ1) is 25.6. The van der Waals surface area contributed by atoms with Crippen molar-refractivity contribution >= 4 is 46.7 Å². The van der Waals surface area contributed by atoms with Gasteiger partial charge in [-0.05, 0) is 24.1 Å². The number of nitrogens with one attached hydrogen (secondary N) is 2. The van der Waals surface area contributed by atoms with Crippen molar-refractivity contribution in [1.29, 1.82) is 0 Å². The molecule has 6 N–H and O–H groups in total. The third-order valence-corrected chi connectivity index (χ3v) is 5.47. The van der Waals surface area contributed by atoms with E-state index in [1.165, 1.54) is 0 Å². The highest BCUT2D eigenvalue weighted by Crippen LogP contribution is 2.17. The second-order valence-electron chi connectivity index (χ2n) is 8.10. The Bertz CT molecular complexity index is 936. The molecule has 11 heteroatoms. The molecule has 0 radical (unpaired) electrons. The van der Waals surface area contributed by atoms with Crippen LogP contribution in [0.2, 0.25) is 10.2 Å². The van der Waals surface area contributed by atoms with E-state index in [2.05, 4.69) is 34.7 Å². The minimum Gasteiger partial charge on any atom is -0.382 e. The molecular formula is C21H30Cl2N7O2+. The lowest BCUT2D eigenvalue weighted by Crippen LogP contribution is -2.46. The maximum absolute atomic E-state index is 12.3. The van der Waals surface area contributed by atoms with Gasteiger partial charge in [-0.3, -0.25) is 9.59 Å². The van der Waals surface area contributed by atoms with Gasteiger partial charge >= 0.3 is 0 Å². The minimum absolute atomic E-state index is 0.0180. The van der Waals surface area contributed by atoms with Crippen LogP contribution in [0, 0.1) is 0 Å². The number of quaternary nitrogens is 1. The van der Waals surface area contributed by atoms with Gasteiger partial charge in [0.05, 0.1) is 33.7 Å². The summed E-state index contributed by atoms with van der Waals surface area (Å²) in [4.78, 5) is 32.0. The third kappa shape index (κ3) is 8.49. The summed E-state index contributed by atoms with van der Waals surface area (Å²) in [6.07, 6.45) is 1.94.